The van der Waals surface area contributed by atoms with Crippen LogP contribution in [-0.4, -0.2) is 11.0 Å². The van der Waals surface area contributed by atoms with Gasteiger partial charge in [-0.2, -0.15) is 0 Å². The molecule has 6 nitrogen and oxygen atoms in total. The Kier molecular flexibility index (Phi) is 7.29. The van der Waals surface area contributed by atoms with Gasteiger partial charge in [0.2, 0.25) is 5.82 Å². The number of halogens is 5. The third kappa shape index (κ3) is 5.60. The number of hydrogen-bond acceptors (Lipinski definition) is 3. The Hall–Kier alpha value is -4.46. The summed E-state index contributed by atoms with van der Waals surface area (Å²) in [7, 11) is 0. The molecule has 2 N–H and O–H groups in total. The molecule has 186 valence electrons. The van der Waals surface area contributed by atoms with Crippen molar-refractivity contribution in [2.75, 3.05) is 10.6 Å². The Labute approximate surface area is 202 Å². The van der Waals surface area contributed by atoms with Crippen LogP contribution in [-0.2, 0) is 5.41 Å². The molecule has 0 bridgehead atoms. The van der Waals surface area contributed by atoms with Crippen molar-refractivity contribution in [3.63, 3.8) is 0 Å². The van der Waals surface area contributed by atoms with Gasteiger partial charge in [-0.1, -0.05) is 38.7 Å². The number of urea groups is 1. The van der Waals surface area contributed by atoms with Crippen LogP contribution in [0.1, 0.15) is 37.5 Å². The van der Waals surface area contributed by atoms with E-state index in [2.05, 4.69) is 16.6 Å². The zero-order chi connectivity index (χ0) is 26.8. The van der Waals surface area contributed by atoms with Gasteiger partial charge in [-0.15, -0.1) is 0 Å². The van der Waals surface area contributed by atoms with Crippen molar-refractivity contribution in [2.45, 2.75) is 26.2 Å². The summed E-state index contributed by atoms with van der Waals surface area (Å²) in [4.78, 5) is 22.6. The Morgan fingerprint density at radius 3 is 1.92 bits per heavy atom. The summed E-state index contributed by atoms with van der Waals surface area (Å²) in [5.74, 6) is -6.32. The van der Waals surface area contributed by atoms with Crippen LogP contribution >= 0.6 is 0 Å². The molecule has 0 fully saturated rings. The third-order valence-electron chi connectivity index (χ3n) is 5.00. The molecule has 0 aliphatic heterocycles. The molecular formula is C25H18F5N3O3. The number of carbonyl (C=O) groups is 1. The summed E-state index contributed by atoms with van der Waals surface area (Å²) in [6.45, 7) is 5.62. The number of nitrogens with one attached hydrogen (secondary N) is 2. The molecule has 0 unspecified atom stereocenters. The standard InChI is InChI=1S/C25H18F5N3O3/c1-25(2,3)14-5-11-18(32-24(34)31-15-6-8-16(9-7-15)33(35)36)13(12-14)4-10-17-19(26)21(28)23(30)22(29)20(17)27/h5-9,11-12H,1-3H3,(H2,31,32,34). The molecule has 36 heavy (non-hydrogen) atoms. The van der Waals surface area contributed by atoms with Gasteiger partial charge >= 0.3 is 6.03 Å². The van der Waals surface area contributed by atoms with Gasteiger partial charge in [0.05, 0.1) is 10.6 Å². The van der Waals surface area contributed by atoms with E-state index >= 15 is 0 Å². The monoisotopic (exact) mass is 503 g/mol. The van der Waals surface area contributed by atoms with Gasteiger partial charge in [0.15, 0.2) is 23.3 Å². The van der Waals surface area contributed by atoms with Gasteiger partial charge in [0, 0.05) is 23.4 Å². The average Bonchev–Trinajstić information content (AvgIpc) is 2.82. The van der Waals surface area contributed by atoms with Crippen molar-refractivity contribution in [3.8, 4) is 11.8 Å². The number of nitro benzene ring substituents is 1. The van der Waals surface area contributed by atoms with Gasteiger partial charge in [-0.3, -0.25) is 10.1 Å². The second kappa shape index (κ2) is 10.0. The quantitative estimate of drug-likeness (QED) is 0.105. The Balaban J connectivity index is 1.98. The van der Waals surface area contributed by atoms with E-state index in [1.807, 2.05) is 26.7 Å². The SMILES string of the molecule is CC(C)(C)c1ccc(NC(=O)Nc2ccc([N+](=O)[O-])cc2)c(C#Cc2c(F)c(F)c(F)c(F)c2F)c1. The van der Waals surface area contributed by atoms with E-state index in [-0.39, 0.29) is 22.6 Å². The van der Waals surface area contributed by atoms with Crippen LogP contribution in [0.15, 0.2) is 42.5 Å². The number of nitrogens with zero attached hydrogens (tertiary/aromatic N) is 1. The minimum Gasteiger partial charge on any atom is -0.308 e. The Morgan fingerprint density at radius 1 is 0.833 bits per heavy atom. The number of non-ortho nitro benzene ring substituents is 1. The molecule has 0 aromatic heterocycles. The van der Waals surface area contributed by atoms with Gasteiger partial charge in [-0.05, 0) is 35.2 Å². The summed E-state index contributed by atoms with van der Waals surface area (Å²) < 4.78 is 68.5. The van der Waals surface area contributed by atoms with Gasteiger partial charge in [0.25, 0.3) is 5.69 Å². The van der Waals surface area contributed by atoms with E-state index < -0.39 is 51.0 Å². The highest BCUT2D eigenvalue weighted by Gasteiger charge is 2.25. The van der Waals surface area contributed by atoms with Gasteiger partial charge in [-0.25, -0.2) is 26.7 Å². The van der Waals surface area contributed by atoms with E-state index in [0.717, 1.165) is 0 Å². The van der Waals surface area contributed by atoms with Crippen molar-refractivity contribution in [3.05, 3.63) is 98.4 Å². The molecule has 3 aromatic carbocycles. The second-order valence-electron chi connectivity index (χ2n) is 8.59. The van der Waals surface area contributed by atoms with E-state index in [9.17, 15) is 36.9 Å². The fourth-order valence-electron chi connectivity index (χ4n) is 3.02. The number of benzene rings is 3. The van der Waals surface area contributed by atoms with Crippen molar-refractivity contribution in [1.29, 1.82) is 0 Å². The van der Waals surface area contributed by atoms with Crippen LogP contribution in [0.2, 0.25) is 0 Å². The number of rotatable bonds is 3. The highest BCUT2D eigenvalue weighted by atomic mass is 19.2. The Morgan fingerprint density at radius 2 is 1.39 bits per heavy atom. The van der Waals surface area contributed by atoms with E-state index in [4.69, 9.17) is 0 Å². The van der Waals surface area contributed by atoms with Crippen LogP contribution in [0.3, 0.4) is 0 Å². The molecule has 3 aromatic rings. The lowest BCUT2D eigenvalue weighted by molar-refractivity contribution is -0.384. The number of hydrogen-bond donors (Lipinski definition) is 2. The molecule has 0 atom stereocenters. The smallest absolute Gasteiger partial charge is 0.308 e. The molecule has 2 amide bonds. The summed E-state index contributed by atoms with van der Waals surface area (Å²) in [5.41, 5.74) is -0.813. The number of anilines is 2. The van der Waals surface area contributed by atoms with Gasteiger partial charge < -0.3 is 10.6 Å². The summed E-state index contributed by atoms with van der Waals surface area (Å²) >= 11 is 0. The highest BCUT2D eigenvalue weighted by molar-refractivity contribution is 6.00. The normalized spacial score (nSPS) is 10.9. The average molecular weight is 503 g/mol. The zero-order valence-corrected chi connectivity index (χ0v) is 19.1. The largest absolute Gasteiger partial charge is 0.323 e. The lowest BCUT2D eigenvalue weighted by atomic mass is 9.86. The second-order valence-corrected chi connectivity index (χ2v) is 8.59. The minimum atomic E-state index is -2.30. The minimum absolute atomic E-state index is 0.0465. The maximum Gasteiger partial charge on any atom is 0.323 e. The van der Waals surface area contributed by atoms with Crippen LogP contribution in [0.25, 0.3) is 0 Å². The molecule has 0 saturated carbocycles. The number of amides is 2. The molecule has 0 aliphatic rings. The molecule has 11 heteroatoms. The van der Waals surface area contributed by atoms with Crippen LogP contribution in [0.4, 0.5) is 43.8 Å². The van der Waals surface area contributed by atoms with E-state index in [1.54, 1.807) is 6.07 Å². The molecule has 3 rings (SSSR count). The maximum atomic E-state index is 14.1. The topological polar surface area (TPSA) is 84.3 Å². The number of carbonyl (C=O) groups excluding carboxylic acids is 1. The van der Waals surface area contributed by atoms with Crippen molar-refractivity contribution >= 4 is 23.1 Å². The molecule has 0 saturated heterocycles. The van der Waals surface area contributed by atoms with Crippen molar-refractivity contribution in [2.24, 2.45) is 0 Å². The van der Waals surface area contributed by atoms with Crippen LogP contribution < -0.4 is 10.6 Å². The summed E-state index contributed by atoms with van der Waals surface area (Å²) in [6.07, 6.45) is 0. The molecule has 0 heterocycles. The lowest BCUT2D eigenvalue weighted by Crippen LogP contribution is -2.20. The summed E-state index contributed by atoms with van der Waals surface area (Å²) in [6, 6.07) is 8.88. The third-order valence-corrected chi connectivity index (χ3v) is 5.00. The van der Waals surface area contributed by atoms with Crippen LogP contribution in [0, 0.1) is 51.0 Å². The Bertz CT molecular complexity index is 1390. The van der Waals surface area contributed by atoms with E-state index in [1.165, 1.54) is 36.4 Å². The first-order valence-corrected chi connectivity index (χ1v) is 10.3. The molecule has 0 spiro atoms. The first-order valence-electron chi connectivity index (χ1n) is 10.3. The highest BCUT2D eigenvalue weighted by Crippen LogP contribution is 2.28. The lowest BCUT2D eigenvalue weighted by Gasteiger charge is -2.20. The van der Waals surface area contributed by atoms with Crippen molar-refractivity contribution in [1.82, 2.24) is 0 Å². The molecule has 0 radical (unpaired) electrons. The van der Waals surface area contributed by atoms with Crippen LogP contribution in [0.5, 0.6) is 0 Å². The summed E-state index contributed by atoms with van der Waals surface area (Å²) in [5, 5.41) is 15.7. The molecule has 0 aliphatic carbocycles. The predicted molar refractivity (Wildman–Crippen MR) is 123 cm³/mol. The fraction of sp³-hybridized carbons (Fsp3) is 0.160. The van der Waals surface area contributed by atoms with Crippen molar-refractivity contribution < 1.29 is 31.7 Å². The first kappa shape index (κ1) is 26.2. The maximum absolute atomic E-state index is 14.1. The fourth-order valence-corrected chi connectivity index (χ4v) is 3.02. The zero-order valence-electron chi connectivity index (χ0n) is 19.1. The van der Waals surface area contributed by atoms with Gasteiger partial charge in [0.1, 0.15) is 5.56 Å². The number of nitro groups is 1. The molecular weight excluding hydrogens is 485 g/mol. The first-order chi connectivity index (χ1) is 16.8. The van der Waals surface area contributed by atoms with E-state index in [0.29, 0.717) is 5.56 Å². The predicted octanol–water partition coefficient (Wildman–Crippen LogP) is 6.63.